The van der Waals surface area contributed by atoms with Crippen molar-refractivity contribution in [2.24, 2.45) is 11.8 Å². The highest BCUT2D eigenvalue weighted by Crippen LogP contribution is 2.39. The second-order valence-electron chi connectivity index (χ2n) is 17.4. The summed E-state index contributed by atoms with van der Waals surface area (Å²) in [5.41, 5.74) is -0.302. The normalized spacial score (nSPS) is 18.9. The monoisotopic (exact) mass is 1010 g/mol. The van der Waals surface area contributed by atoms with Crippen LogP contribution in [0.15, 0.2) is 84.9 Å². The number of esters is 1. The number of nitrogens with zero attached hydrogens (tertiary/aromatic N) is 4. The second-order valence-corrected chi connectivity index (χ2v) is 17.4. The van der Waals surface area contributed by atoms with Gasteiger partial charge in [-0.25, -0.2) is 18.7 Å². The first-order chi connectivity index (χ1) is 34.4. The number of nitrogens with one attached hydrogen (secondary N) is 2. The minimum absolute atomic E-state index is 0.0323. The number of halogens is 8. The van der Waals surface area contributed by atoms with Crippen LogP contribution in [0.25, 0.3) is 22.1 Å². The molecule has 2 saturated carbocycles. The quantitative estimate of drug-likeness (QED) is 0.0957. The number of aliphatic hydroxyl groups excluding tert-OH is 1. The first kappa shape index (κ1) is 54.9. The van der Waals surface area contributed by atoms with Crippen LogP contribution in [-0.2, 0) is 26.6 Å². The van der Waals surface area contributed by atoms with Crippen LogP contribution in [0, 0.1) is 23.5 Å². The molecule has 0 atom stereocenters. The molecule has 1 aliphatic heterocycles. The summed E-state index contributed by atoms with van der Waals surface area (Å²) in [5.74, 6) is -2.43. The number of aromatic nitrogens is 4. The van der Waals surface area contributed by atoms with Crippen LogP contribution in [-0.4, -0.2) is 68.4 Å². The Morgan fingerprint density at radius 3 is 1.46 bits per heavy atom. The van der Waals surface area contributed by atoms with Crippen molar-refractivity contribution >= 4 is 51.7 Å². The lowest BCUT2D eigenvalue weighted by Gasteiger charge is -2.29. The lowest BCUT2D eigenvalue weighted by atomic mass is 9.86. The summed E-state index contributed by atoms with van der Waals surface area (Å²) in [7, 11) is 0. The molecule has 2 amide bonds. The van der Waals surface area contributed by atoms with Crippen LogP contribution in [0.1, 0.15) is 129 Å². The molecule has 20 heteroatoms. The molecule has 72 heavy (non-hydrogen) atoms. The number of benzene rings is 4. The number of imidazole rings is 2. The van der Waals surface area contributed by atoms with Crippen molar-refractivity contribution in [3.63, 3.8) is 0 Å². The van der Waals surface area contributed by atoms with Crippen molar-refractivity contribution < 1.29 is 64.1 Å². The zero-order valence-corrected chi connectivity index (χ0v) is 40.1. The van der Waals surface area contributed by atoms with E-state index >= 15 is 0 Å². The van der Waals surface area contributed by atoms with Gasteiger partial charge in [-0.15, -0.1) is 0 Å². The highest BCUT2D eigenvalue weighted by molar-refractivity contribution is 6.05. The van der Waals surface area contributed by atoms with Gasteiger partial charge in [-0.3, -0.25) is 25.0 Å². The van der Waals surface area contributed by atoms with Gasteiger partial charge in [0.05, 0.1) is 45.7 Å². The molecule has 0 radical (unpaired) electrons. The fourth-order valence-electron chi connectivity index (χ4n) is 9.01. The third kappa shape index (κ3) is 14.0. The van der Waals surface area contributed by atoms with Gasteiger partial charge < -0.3 is 23.7 Å². The summed E-state index contributed by atoms with van der Waals surface area (Å²) < 4.78 is 119. The van der Waals surface area contributed by atoms with E-state index in [1.165, 1.54) is 55.3 Å². The van der Waals surface area contributed by atoms with E-state index in [9.17, 15) is 54.6 Å². The molecule has 3 aliphatic rings. The Morgan fingerprint density at radius 2 is 1.08 bits per heavy atom. The molecule has 0 unspecified atom stereocenters. The van der Waals surface area contributed by atoms with E-state index < -0.39 is 46.9 Å². The molecule has 12 nitrogen and oxygen atoms in total. The predicted octanol–water partition coefficient (Wildman–Crippen LogP) is 12.7. The van der Waals surface area contributed by atoms with E-state index in [4.69, 9.17) is 9.47 Å². The number of fused-ring (bicyclic) bond motifs is 2. The Labute approximate surface area is 411 Å². The smallest absolute Gasteiger partial charge is 0.416 e. The Balaban J connectivity index is 0.000000208. The van der Waals surface area contributed by atoms with Gasteiger partial charge in [0.1, 0.15) is 11.6 Å². The Kier molecular flexibility index (Phi) is 18.9. The van der Waals surface area contributed by atoms with Gasteiger partial charge in [-0.2, -0.15) is 26.3 Å². The van der Waals surface area contributed by atoms with E-state index in [1.807, 2.05) is 18.4 Å². The molecule has 3 heterocycles. The van der Waals surface area contributed by atoms with Crippen LogP contribution < -0.4 is 10.6 Å². The van der Waals surface area contributed by atoms with Crippen molar-refractivity contribution in [1.29, 1.82) is 0 Å². The van der Waals surface area contributed by atoms with Gasteiger partial charge in [0, 0.05) is 55.2 Å². The van der Waals surface area contributed by atoms with E-state index in [0.29, 0.717) is 54.4 Å². The van der Waals surface area contributed by atoms with Crippen molar-refractivity contribution in [2.45, 2.75) is 109 Å². The minimum atomic E-state index is -4.58. The average molecular weight is 1020 g/mol. The molecule has 4 aromatic carbocycles. The van der Waals surface area contributed by atoms with Gasteiger partial charge in [-0.05, 0) is 138 Å². The summed E-state index contributed by atoms with van der Waals surface area (Å²) >= 11 is 0. The molecule has 2 aromatic heterocycles. The highest BCUT2D eigenvalue weighted by Gasteiger charge is 2.34. The number of hydrogen-bond donors (Lipinski definition) is 3. The van der Waals surface area contributed by atoms with E-state index in [-0.39, 0.29) is 59.5 Å². The van der Waals surface area contributed by atoms with Crippen molar-refractivity contribution in [1.82, 2.24) is 19.1 Å². The van der Waals surface area contributed by atoms with E-state index in [0.717, 1.165) is 69.2 Å². The maximum Gasteiger partial charge on any atom is 0.416 e. The van der Waals surface area contributed by atoms with Gasteiger partial charge >= 0.3 is 18.3 Å². The number of hydrogen-bond acceptors (Lipinski definition) is 8. The molecule has 3 fully saturated rings. The Hall–Kier alpha value is -6.41. The van der Waals surface area contributed by atoms with Crippen molar-refractivity contribution in [3.05, 3.63) is 119 Å². The zero-order valence-electron chi connectivity index (χ0n) is 40.1. The molecule has 9 rings (SSSR count). The number of carbonyl (C=O) groups is 3. The lowest BCUT2D eigenvalue weighted by molar-refractivity contribution is -0.149. The largest absolute Gasteiger partial charge is 0.466 e. The summed E-state index contributed by atoms with van der Waals surface area (Å²) in [4.78, 5) is 46.3. The minimum Gasteiger partial charge on any atom is -0.466 e. The third-order valence-corrected chi connectivity index (χ3v) is 12.6. The maximum absolute atomic E-state index is 13.8. The molecule has 2 aliphatic carbocycles. The first-order valence-electron chi connectivity index (χ1n) is 24.1. The number of alkyl halides is 6. The fourth-order valence-corrected chi connectivity index (χ4v) is 9.01. The number of rotatable bonds is 9. The van der Waals surface area contributed by atoms with E-state index in [2.05, 4.69) is 20.6 Å². The third-order valence-electron chi connectivity index (χ3n) is 12.6. The number of ether oxygens (including phenoxy) is 2. The fraction of sp³-hybridized carbons (Fsp3) is 0.442. The Morgan fingerprint density at radius 1 is 0.653 bits per heavy atom. The summed E-state index contributed by atoms with van der Waals surface area (Å²) in [6, 6.07) is 16.3. The summed E-state index contributed by atoms with van der Waals surface area (Å²) in [6.45, 7) is 8.17. The van der Waals surface area contributed by atoms with Gasteiger partial charge in [0.15, 0.2) is 0 Å². The molecular weight excluding hydrogens is 957 g/mol. The second kappa shape index (κ2) is 24.8. The summed E-state index contributed by atoms with van der Waals surface area (Å²) in [6.07, 6.45) is -1.19. The number of carbonyl (C=O) groups excluding carboxylic acids is 3. The topological polar surface area (TPSA) is 150 Å². The SMILES string of the molecule is C1CCOC1.CC.CCOC(=O)C1CCC(n2c(NC(=O)c3cccc(C(F)(F)F)c3)nc3cc(F)ccc32)CC1.O=C(Nc1nc2cc(F)ccc2n1C1CCC(CO)CC1)c1cccc(C(F)(F)F)c1. The van der Waals surface area contributed by atoms with Crippen molar-refractivity contribution in [2.75, 3.05) is 37.1 Å². The van der Waals surface area contributed by atoms with Crippen LogP contribution in [0.3, 0.4) is 0 Å². The number of aliphatic hydroxyl groups is 1. The molecular formula is C52H58F8N6O6. The standard InChI is InChI=1S/C24H23F4N3O3.C22H21F4N3O2.C4H8O.C2H6/c1-2-34-22(33)14-6-9-18(10-7-14)31-20-11-8-17(25)13-19(20)29-23(31)30-21(32)15-4-3-5-16(12-15)24(26,27)28;23-16-6-9-19-18(11-16)27-21(29(19)17-7-4-13(12-30)5-8-17)28-20(31)14-2-1-3-15(10-14)22(24,25)26;1-2-4-5-3-1;1-2/h3-5,8,11-14,18H,2,6-7,9-10H2,1H3,(H,29,30,32);1-3,6,9-11,13,17,30H,4-5,7-8,12H2,(H,27,28,31);1-4H2;1-2H3. The average Bonchev–Trinajstić information content (AvgIpc) is 4.15. The number of amides is 2. The Bertz CT molecular complexity index is 2770. The first-order valence-corrected chi connectivity index (χ1v) is 24.1. The summed E-state index contributed by atoms with van der Waals surface area (Å²) in [5, 5.41) is 14.6. The van der Waals surface area contributed by atoms with Gasteiger partial charge in [-0.1, -0.05) is 26.0 Å². The van der Waals surface area contributed by atoms with Crippen molar-refractivity contribution in [3.8, 4) is 0 Å². The molecule has 388 valence electrons. The molecule has 1 saturated heterocycles. The van der Waals surface area contributed by atoms with E-state index in [1.54, 1.807) is 23.6 Å². The van der Waals surface area contributed by atoms with Crippen LogP contribution in [0.2, 0.25) is 0 Å². The van der Waals surface area contributed by atoms with Gasteiger partial charge in [0.25, 0.3) is 11.8 Å². The number of anilines is 2. The predicted molar refractivity (Wildman–Crippen MR) is 255 cm³/mol. The molecule has 0 bridgehead atoms. The molecule has 3 N–H and O–H groups in total. The maximum atomic E-state index is 13.8. The van der Waals surface area contributed by atoms with Gasteiger partial charge in [0.2, 0.25) is 11.9 Å². The van der Waals surface area contributed by atoms with Crippen LogP contribution in [0.5, 0.6) is 0 Å². The zero-order chi connectivity index (χ0) is 52.2. The molecule has 0 spiro atoms. The van der Waals surface area contributed by atoms with Crippen LogP contribution in [0.4, 0.5) is 47.0 Å². The van der Waals surface area contributed by atoms with Crippen LogP contribution >= 0.6 is 0 Å². The molecule has 6 aromatic rings. The highest BCUT2D eigenvalue weighted by atomic mass is 19.4. The lowest BCUT2D eigenvalue weighted by Crippen LogP contribution is -2.26.